The summed E-state index contributed by atoms with van der Waals surface area (Å²) in [6.45, 7) is 7.22. The van der Waals surface area contributed by atoms with Crippen molar-refractivity contribution >= 4 is 5.97 Å². The second-order valence-corrected chi connectivity index (χ2v) is 4.67. The summed E-state index contributed by atoms with van der Waals surface area (Å²) in [7, 11) is 0. The highest BCUT2D eigenvalue weighted by molar-refractivity contribution is 5.79. The normalized spacial score (nSPS) is 16.1. The number of esters is 1. The first kappa shape index (κ1) is 13.4. The summed E-state index contributed by atoms with van der Waals surface area (Å²) in [5.41, 5.74) is 3.31. The van der Waals surface area contributed by atoms with E-state index in [-0.39, 0.29) is 0 Å². The molecular weight excluding hydrogens is 182 g/mol. The molecule has 0 saturated carbocycles. The Bertz CT molecular complexity index is 194. The van der Waals surface area contributed by atoms with Crippen molar-refractivity contribution in [1.82, 2.24) is 0 Å². The second-order valence-electron chi connectivity index (χ2n) is 4.67. The Morgan fingerprint density at radius 1 is 1.36 bits per heavy atom. The fraction of sp³-hybridized carbons (Fsp3) is 0.900. The van der Waals surface area contributed by atoms with Gasteiger partial charge in [-0.15, -0.1) is 0 Å². The summed E-state index contributed by atoms with van der Waals surface area (Å²) in [5, 5.41) is 9.75. The van der Waals surface area contributed by atoms with Gasteiger partial charge in [-0.25, -0.2) is 4.79 Å². The Kier molecular flexibility index (Phi) is 4.55. The number of rotatable bonds is 4. The van der Waals surface area contributed by atoms with Gasteiger partial charge in [0.25, 0.3) is 0 Å². The molecule has 1 unspecified atom stereocenters. The van der Waals surface area contributed by atoms with Crippen LogP contribution in [0, 0.1) is 0 Å². The monoisotopic (exact) mass is 203 g/mol. The third kappa shape index (κ3) is 5.19. The van der Waals surface area contributed by atoms with Gasteiger partial charge in [-0.2, -0.15) is 0 Å². The van der Waals surface area contributed by atoms with Crippen LogP contribution in [-0.2, 0) is 9.53 Å². The van der Waals surface area contributed by atoms with Gasteiger partial charge in [-0.1, -0.05) is 0 Å². The van der Waals surface area contributed by atoms with Crippen LogP contribution in [0.15, 0.2) is 0 Å². The molecule has 84 valence electrons. The lowest BCUT2D eigenvalue weighted by molar-refractivity contribution is -0.176. The molecule has 0 aromatic rings. The van der Waals surface area contributed by atoms with Gasteiger partial charge >= 0.3 is 5.97 Å². The fourth-order valence-electron chi connectivity index (χ4n) is 0.936. The minimum Gasteiger partial charge on any atom is -0.458 e. The van der Waals surface area contributed by atoms with Gasteiger partial charge in [0.15, 0.2) is 5.60 Å². The van der Waals surface area contributed by atoms with Crippen molar-refractivity contribution in [3.05, 3.63) is 0 Å². The minimum atomic E-state index is -1.42. The van der Waals surface area contributed by atoms with E-state index in [0.717, 1.165) is 0 Å². The summed E-state index contributed by atoms with van der Waals surface area (Å²) in [4.78, 5) is 11.5. The van der Waals surface area contributed by atoms with Gasteiger partial charge in [-0.3, -0.25) is 0 Å². The molecule has 0 saturated heterocycles. The number of aliphatic hydroxyl groups is 1. The van der Waals surface area contributed by atoms with Gasteiger partial charge in [0.1, 0.15) is 5.60 Å². The van der Waals surface area contributed by atoms with E-state index < -0.39 is 17.2 Å². The van der Waals surface area contributed by atoms with Crippen LogP contribution in [0.25, 0.3) is 0 Å². The molecule has 0 amide bonds. The van der Waals surface area contributed by atoms with Crippen molar-refractivity contribution in [2.75, 3.05) is 6.54 Å². The Hall–Kier alpha value is -0.610. The quantitative estimate of drug-likeness (QED) is 0.663. The molecule has 1 atom stereocenters. The maximum Gasteiger partial charge on any atom is 0.338 e. The lowest BCUT2D eigenvalue weighted by atomic mass is 10.00. The van der Waals surface area contributed by atoms with Crippen molar-refractivity contribution in [3.63, 3.8) is 0 Å². The summed E-state index contributed by atoms with van der Waals surface area (Å²) in [6, 6.07) is 0. The van der Waals surface area contributed by atoms with E-state index in [9.17, 15) is 9.90 Å². The second kappa shape index (κ2) is 4.75. The molecule has 0 aromatic heterocycles. The molecule has 3 N–H and O–H groups in total. The van der Waals surface area contributed by atoms with E-state index in [4.69, 9.17) is 10.5 Å². The maximum atomic E-state index is 11.5. The largest absolute Gasteiger partial charge is 0.458 e. The predicted molar refractivity (Wildman–Crippen MR) is 54.8 cm³/mol. The summed E-state index contributed by atoms with van der Waals surface area (Å²) in [5.74, 6) is -0.585. The zero-order valence-corrected chi connectivity index (χ0v) is 9.46. The van der Waals surface area contributed by atoms with E-state index in [1.807, 2.05) is 0 Å². The number of nitrogens with two attached hydrogens (primary N) is 1. The fourth-order valence-corrected chi connectivity index (χ4v) is 0.936. The van der Waals surface area contributed by atoms with Crippen LogP contribution in [0.2, 0.25) is 0 Å². The highest BCUT2D eigenvalue weighted by atomic mass is 16.6. The van der Waals surface area contributed by atoms with Crippen molar-refractivity contribution < 1.29 is 14.6 Å². The first-order chi connectivity index (χ1) is 6.19. The average Bonchev–Trinajstić information content (AvgIpc) is 1.97. The third-order valence-electron chi connectivity index (χ3n) is 1.71. The van der Waals surface area contributed by atoms with Crippen LogP contribution in [0.5, 0.6) is 0 Å². The Labute approximate surface area is 85.4 Å². The standard InChI is InChI=1S/C10H21NO3/c1-9(2,3)14-8(12)10(4,13)6-5-7-11/h13H,5-7,11H2,1-4H3. The zero-order valence-electron chi connectivity index (χ0n) is 9.46. The first-order valence-corrected chi connectivity index (χ1v) is 4.85. The van der Waals surface area contributed by atoms with Crippen molar-refractivity contribution in [3.8, 4) is 0 Å². The van der Waals surface area contributed by atoms with E-state index >= 15 is 0 Å². The van der Waals surface area contributed by atoms with Gasteiger partial charge in [0.2, 0.25) is 0 Å². The van der Waals surface area contributed by atoms with Crippen molar-refractivity contribution in [1.29, 1.82) is 0 Å². The molecular formula is C10H21NO3. The molecule has 0 bridgehead atoms. The smallest absolute Gasteiger partial charge is 0.338 e. The van der Waals surface area contributed by atoms with Crippen LogP contribution < -0.4 is 5.73 Å². The molecule has 0 heterocycles. The molecule has 0 rings (SSSR count). The van der Waals surface area contributed by atoms with Crippen LogP contribution in [0.4, 0.5) is 0 Å². The number of carbonyl (C=O) groups is 1. The maximum absolute atomic E-state index is 11.5. The Balaban J connectivity index is 4.21. The molecule has 0 aromatic carbocycles. The highest BCUT2D eigenvalue weighted by Gasteiger charge is 2.33. The average molecular weight is 203 g/mol. The van der Waals surface area contributed by atoms with Crippen LogP contribution >= 0.6 is 0 Å². The molecule has 0 aliphatic rings. The minimum absolute atomic E-state index is 0.332. The Morgan fingerprint density at radius 2 is 1.86 bits per heavy atom. The van der Waals surface area contributed by atoms with Gasteiger partial charge in [0, 0.05) is 0 Å². The molecule has 0 aliphatic carbocycles. The number of hydrogen-bond acceptors (Lipinski definition) is 4. The molecule has 0 aliphatic heterocycles. The number of carbonyl (C=O) groups excluding carboxylic acids is 1. The number of hydrogen-bond donors (Lipinski definition) is 2. The highest BCUT2D eigenvalue weighted by Crippen LogP contribution is 2.18. The van der Waals surface area contributed by atoms with E-state index in [0.29, 0.717) is 19.4 Å². The Morgan fingerprint density at radius 3 is 2.21 bits per heavy atom. The summed E-state index contributed by atoms with van der Waals surface area (Å²) >= 11 is 0. The summed E-state index contributed by atoms with van der Waals surface area (Å²) in [6.07, 6.45) is 0.935. The zero-order chi connectivity index (χ0) is 11.4. The molecule has 0 spiro atoms. The lowest BCUT2D eigenvalue weighted by Gasteiger charge is -2.27. The van der Waals surface area contributed by atoms with E-state index in [1.165, 1.54) is 6.92 Å². The van der Waals surface area contributed by atoms with Crippen molar-refractivity contribution in [2.45, 2.75) is 51.7 Å². The number of ether oxygens (including phenoxy) is 1. The topological polar surface area (TPSA) is 72.5 Å². The molecule has 0 fully saturated rings. The van der Waals surface area contributed by atoms with E-state index in [2.05, 4.69) is 0 Å². The van der Waals surface area contributed by atoms with Gasteiger partial charge in [-0.05, 0) is 47.1 Å². The summed E-state index contributed by atoms with van der Waals surface area (Å²) < 4.78 is 5.07. The van der Waals surface area contributed by atoms with Crippen LogP contribution in [0.3, 0.4) is 0 Å². The van der Waals surface area contributed by atoms with E-state index in [1.54, 1.807) is 20.8 Å². The van der Waals surface area contributed by atoms with Crippen LogP contribution in [-0.4, -0.2) is 28.8 Å². The first-order valence-electron chi connectivity index (χ1n) is 4.85. The van der Waals surface area contributed by atoms with Gasteiger partial charge in [0.05, 0.1) is 0 Å². The third-order valence-corrected chi connectivity index (χ3v) is 1.71. The molecule has 4 heteroatoms. The molecule has 4 nitrogen and oxygen atoms in total. The van der Waals surface area contributed by atoms with Gasteiger partial charge < -0.3 is 15.6 Å². The van der Waals surface area contributed by atoms with Crippen molar-refractivity contribution in [2.24, 2.45) is 5.73 Å². The predicted octanol–water partition coefficient (Wildman–Crippen LogP) is 0.818. The molecule has 0 radical (unpaired) electrons. The lowest BCUT2D eigenvalue weighted by Crippen LogP contribution is -2.41. The van der Waals surface area contributed by atoms with Crippen LogP contribution in [0.1, 0.15) is 40.5 Å². The molecule has 14 heavy (non-hydrogen) atoms. The SMILES string of the molecule is CC(C)(C)OC(=O)C(C)(O)CCCN.